The van der Waals surface area contributed by atoms with E-state index in [1.54, 1.807) is 25.1 Å². The number of halogens is 2. The molecule has 0 aromatic heterocycles. The first-order valence-corrected chi connectivity index (χ1v) is 4.64. The second-order valence-corrected chi connectivity index (χ2v) is 3.67. The molecule has 0 heterocycles. The van der Waals surface area contributed by atoms with Gasteiger partial charge in [0, 0.05) is 35.2 Å². The largest absolute Gasteiger partial charge is 0.321 e. The molecule has 1 radical (unpaired) electrons. The Morgan fingerprint density at radius 3 is 2.79 bits per heavy atom. The van der Waals surface area contributed by atoms with Crippen LogP contribution in [0.4, 0.5) is 5.69 Å². The number of hydrogen-bond acceptors (Lipinski definition) is 3. The first-order valence-electron chi connectivity index (χ1n) is 3.96. The third kappa shape index (κ3) is 2.38. The highest BCUT2D eigenvalue weighted by atomic mass is 35.5. The predicted molar refractivity (Wildman–Crippen MR) is 57.4 cm³/mol. The quantitative estimate of drug-likeness (QED) is 0.641. The molecule has 0 spiro atoms. The summed E-state index contributed by atoms with van der Waals surface area (Å²) in [7, 11) is 0. The predicted octanol–water partition coefficient (Wildman–Crippen LogP) is 2.13. The van der Waals surface area contributed by atoms with Gasteiger partial charge in [0.2, 0.25) is 0 Å². The summed E-state index contributed by atoms with van der Waals surface area (Å²) < 4.78 is 0.801. The molecule has 1 aromatic carbocycles. The first kappa shape index (κ1) is 11.3. The molecule has 0 aliphatic rings. The molecule has 0 saturated carbocycles. The molecule has 0 unspecified atom stereocenters. The fourth-order valence-corrected chi connectivity index (χ4v) is 1.29. The van der Waals surface area contributed by atoms with Crippen molar-refractivity contribution in [2.45, 2.75) is 13.0 Å². The topological polar surface area (TPSA) is 46.3 Å². The molecule has 3 nitrogen and oxygen atoms in total. The van der Waals surface area contributed by atoms with Crippen LogP contribution in [0.5, 0.6) is 0 Å². The second-order valence-electron chi connectivity index (χ2n) is 2.82. The number of benzene rings is 1. The van der Waals surface area contributed by atoms with E-state index in [9.17, 15) is 4.79 Å². The lowest BCUT2D eigenvalue weighted by atomic mass is 10.0. The number of Topliss-reactive ketones (excluding diaryl/α,β-unsaturated/α-hetero) is 1. The highest BCUT2D eigenvalue weighted by molar-refractivity contribution is 6.49. The first-order chi connectivity index (χ1) is 6.54. The van der Waals surface area contributed by atoms with Crippen LogP contribution in [0.15, 0.2) is 18.2 Å². The Labute approximate surface area is 92.6 Å². The molecule has 1 aromatic rings. The van der Waals surface area contributed by atoms with E-state index >= 15 is 0 Å². The lowest BCUT2D eigenvalue weighted by Gasteiger charge is -2.11. The van der Waals surface area contributed by atoms with Crippen LogP contribution in [0.2, 0.25) is 0 Å². The van der Waals surface area contributed by atoms with Crippen molar-refractivity contribution in [2.75, 3.05) is 3.94 Å². The van der Waals surface area contributed by atoms with Gasteiger partial charge in [-0.25, -0.2) is 0 Å². The molecular weight excluding hydrogens is 223 g/mol. The van der Waals surface area contributed by atoms with Crippen LogP contribution in [0.1, 0.15) is 17.3 Å². The number of ketones is 1. The van der Waals surface area contributed by atoms with Crippen LogP contribution < -0.4 is 9.67 Å². The minimum atomic E-state index is -0.585. The van der Waals surface area contributed by atoms with Gasteiger partial charge < -0.3 is 5.73 Å². The number of carbonyl (C=O) groups excluding carboxylic acids is 1. The molecule has 0 saturated heterocycles. The van der Waals surface area contributed by atoms with Gasteiger partial charge in [0.05, 0.1) is 11.7 Å². The van der Waals surface area contributed by atoms with Crippen molar-refractivity contribution < 1.29 is 4.79 Å². The molecule has 0 amide bonds. The van der Waals surface area contributed by atoms with Gasteiger partial charge in [-0.2, -0.15) is 3.94 Å². The number of hydrogen-bond donors (Lipinski definition) is 1. The van der Waals surface area contributed by atoms with Crippen LogP contribution in [0, 0.1) is 6.07 Å². The molecule has 0 bridgehead atoms. The Morgan fingerprint density at radius 2 is 2.29 bits per heavy atom. The number of anilines is 1. The fraction of sp³-hybridized carbons (Fsp3) is 0.222. The average Bonchev–Trinajstić information content (AvgIpc) is 2.16. The van der Waals surface area contributed by atoms with Crippen LogP contribution in [0.3, 0.4) is 0 Å². The monoisotopic (exact) mass is 231 g/mol. The SMILES string of the molecule is C[C@H](N)C(=O)c1ccc[c]c1N(Cl)Cl. The van der Waals surface area contributed by atoms with Crippen molar-refractivity contribution >= 4 is 35.0 Å². The second kappa shape index (κ2) is 4.64. The van der Waals surface area contributed by atoms with E-state index in [0.29, 0.717) is 11.3 Å². The highest BCUT2D eigenvalue weighted by Gasteiger charge is 2.17. The standard InChI is InChI=1S/C9H9Cl2N2O/c1-6(12)9(14)7-4-2-3-5-8(7)13(10)11/h2-4,6H,12H2,1H3/t6-/m0/s1. The number of rotatable bonds is 3. The number of nitrogens with two attached hydrogens (primary N) is 1. The van der Waals surface area contributed by atoms with Gasteiger partial charge in [-0.15, -0.1) is 0 Å². The molecule has 14 heavy (non-hydrogen) atoms. The molecule has 0 aliphatic carbocycles. The van der Waals surface area contributed by atoms with Crippen LogP contribution >= 0.6 is 23.6 Å². The highest BCUT2D eigenvalue weighted by Crippen LogP contribution is 2.24. The van der Waals surface area contributed by atoms with Gasteiger partial charge in [-0.1, -0.05) is 12.1 Å². The van der Waals surface area contributed by atoms with Crippen molar-refractivity contribution in [2.24, 2.45) is 5.73 Å². The van der Waals surface area contributed by atoms with Crippen molar-refractivity contribution in [3.05, 3.63) is 29.8 Å². The summed E-state index contributed by atoms with van der Waals surface area (Å²) in [5.74, 6) is -0.219. The minimum absolute atomic E-state index is 0.219. The maximum absolute atomic E-state index is 11.6. The van der Waals surface area contributed by atoms with Crippen LogP contribution in [-0.2, 0) is 0 Å². The van der Waals surface area contributed by atoms with Gasteiger partial charge in [0.25, 0.3) is 0 Å². The Morgan fingerprint density at radius 1 is 1.64 bits per heavy atom. The summed E-state index contributed by atoms with van der Waals surface area (Å²) in [5.41, 5.74) is 6.15. The molecule has 1 rings (SSSR count). The molecule has 0 fully saturated rings. The maximum Gasteiger partial charge on any atom is 0.181 e. The summed E-state index contributed by atoms with van der Waals surface area (Å²) in [5, 5.41) is 0. The van der Waals surface area contributed by atoms with Crippen molar-refractivity contribution in [3.8, 4) is 0 Å². The normalized spacial score (nSPS) is 12.3. The Hall–Kier alpha value is -0.770. The molecule has 1 atom stereocenters. The van der Waals surface area contributed by atoms with Gasteiger partial charge in [0.15, 0.2) is 5.78 Å². The third-order valence-corrected chi connectivity index (χ3v) is 2.02. The molecule has 5 heteroatoms. The van der Waals surface area contributed by atoms with Gasteiger partial charge >= 0.3 is 0 Å². The molecule has 0 aliphatic heterocycles. The van der Waals surface area contributed by atoms with E-state index in [0.717, 1.165) is 3.94 Å². The number of para-hydroxylation sites is 1. The molecular formula is C9H9Cl2N2O. The summed E-state index contributed by atoms with van der Waals surface area (Å²) in [6.07, 6.45) is 0. The van der Waals surface area contributed by atoms with Gasteiger partial charge in [0.1, 0.15) is 0 Å². The lowest BCUT2D eigenvalue weighted by molar-refractivity contribution is 0.0968. The zero-order chi connectivity index (χ0) is 10.7. The van der Waals surface area contributed by atoms with Gasteiger partial charge in [-0.3, -0.25) is 4.79 Å². The van der Waals surface area contributed by atoms with E-state index in [2.05, 4.69) is 6.07 Å². The summed E-state index contributed by atoms with van der Waals surface area (Å²) >= 11 is 11.1. The Bertz CT molecular complexity index is 339. The number of carbonyl (C=O) groups is 1. The number of nitrogens with zero attached hydrogens (tertiary/aromatic N) is 1. The van der Waals surface area contributed by atoms with Crippen molar-refractivity contribution in [1.82, 2.24) is 0 Å². The average molecular weight is 232 g/mol. The summed E-state index contributed by atoms with van der Waals surface area (Å²) in [6.45, 7) is 1.60. The van der Waals surface area contributed by atoms with E-state index in [1.165, 1.54) is 0 Å². The smallest absolute Gasteiger partial charge is 0.181 e. The lowest BCUT2D eigenvalue weighted by Crippen LogP contribution is -2.27. The van der Waals surface area contributed by atoms with E-state index in [-0.39, 0.29) is 5.78 Å². The third-order valence-electron chi connectivity index (χ3n) is 1.68. The zero-order valence-electron chi connectivity index (χ0n) is 7.50. The molecule has 2 N–H and O–H groups in total. The van der Waals surface area contributed by atoms with Crippen LogP contribution in [0.25, 0.3) is 0 Å². The van der Waals surface area contributed by atoms with E-state index < -0.39 is 6.04 Å². The Balaban J connectivity index is 3.13. The van der Waals surface area contributed by atoms with Gasteiger partial charge in [-0.05, 0) is 13.0 Å². The minimum Gasteiger partial charge on any atom is -0.321 e. The Kier molecular flexibility index (Phi) is 3.75. The fourth-order valence-electron chi connectivity index (χ4n) is 1.01. The van der Waals surface area contributed by atoms with Crippen molar-refractivity contribution in [3.63, 3.8) is 0 Å². The molecule has 75 valence electrons. The van der Waals surface area contributed by atoms with Crippen LogP contribution in [-0.4, -0.2) is 11.8 Å². The van der Waals surface area contributed by atoms with E-state index in [4.69, 9.17) is 29.3 Å². The summed E-state index contributed by atoms with van der Waals surface area (Å²) in [4.78, 5) is 11.6. The van der Waals surface area contributed by atoms with E-state index in [1.807, 2.05) is 0 Å². The zero-order valence-corrected chi connectivity index (χ0v) is 9.01. The van der Waals surface area contributed by atoms with Crippen molar-refractivity contribution in [1.29, 1.82) is 0 Å². The summed E-state index contributed by atoms with van der Waals surface area (Å²) in [6, 6.07) is 7.07. The maximum atomic E-state index is 11.6.